The zero-order valence-electron chi connectivity index (χ0n) is 10.2. The van der Waals surface area contributed by atoms with Gasteiger partial charge in [-0.05, 0) is 18.2 Å². The number of hydrogen-bond acceptors (Lipinski definition) is 5. The summed E-state index contributed by atoms with van der Waals surface area (Å²) in [6, 6.07) is 5.80. The van der Waals surface area contributed by atoms with Crippen LogP contribution in [0, 0.1) is 0 Å². The number of ether oxygens (including phenoxy) is 1. The Labute approximate surface area is 136 Å². The van der Waals surface area contributed by atoms with Gasteiger partial charge in [0.25, 0.3) is 6.47 Å². The predicted octanol–water partition coefficient (Wildman–Crippen LogP) is 2.75. The van der Waals surface area contributed by atoms with Gasteiger partial charge in [-0.15, -0.1) is 0 Å². The first-order chi connectivity index (χ1) is 10.1. The molecular weight excluding hydrogens is 502 g/mol. The number of halogens is 2. The fourth-order valence-corrected chi connectivity index (χ4v) is 1.38. The molecule has 21 heavy (non-hydrogen) atoms. The Bertz CT molecular complexity index is 628. The molecule has 1 N–H and O–H groups in total. The van der Waals surface area contributed by atoms with E-state index in [9.17, 15) is 9.59 Å². The van der Waals surface area contributed by atoms with Crippen LogP contribution in [0.4, 0.5) is 0 Å². The summed E-state index contributed by atoms with van der Waals surface area (Å²) in [5.74, 6) is -0.725. The quantitative estimate of drug-likeness (QED) is 0.637. The maximum atomic E-state index is 10.8. The Morgan fingerprint density at radius 3 is 2.33 bits per heavy atom. The number of carbonyl (C=O) groups excluding carboxylic acids is 1. The zero-order valence-corrected chi connectivity index (χ0v) is 14.0. The second-order valence-electron chi connectivity index (χ2n) is 3.37. The van der Waals surface area contributed by atoms with Crippen molar-refractivity contribution in [1.82, 2.24) is 9.97 Å². The van der Waals surface area contributed by atoms with Gasteiger partial charge in [0.05, 0.1) is 17.0 Å². The zero-order chi connectivity index (χ0) is 15.7. The molecule has 2 rings (SSSR count). The fraction of sp³-hybridized carbons (Fsp3) is 0. The molecule has 0 saturated heterocycles. The molecule has 0 aliphatic rings. The van der Waals surface area contributed by atoms with E-state index in [1.54, 1.807) is 0 Å². The number of rotatable bonds is 4. The van der Waals surface area contributed by atoms with Gasteiger partial charge in [-0.2, -0.15) is 0 Å². The molecule has 0 saturated carbocycles. The van der Waals surface area contributed by atoms with E-state index < -0.39 is 22.5 Å². The van der Waals surface area contributed by atoms with Crippen molar-refractivity contribution in [3.05, 3.63) is 42.2 Å². The van der Waals surface area contributed by atoms with Gasteiger partial charge in [-0.3, -0.25) is 14.8 Å². The number of aromatic carboxylic acids is 1. The molecule has 2 aromatic rings. The van der Waals surface area contributed by atoms with E-state index in [0.717, 1.165) is 0 Å². The van der Waals surface area contributed by atoms with Gasteiger partial charge in [0, 0.05) is 18.5 Å². The standard InChI is InChI=1S/C12H8N2O4.2ClH.Pt/c15-7-18-9-2-4-14-11(6-9)10-5-8(12(16)17)1-3-13-10;;;/h1-7H,(H,16,17);2*1H;/q;;;+2/p-2. The fourth-order valence-electron chi connectivity index (χ4n) is 1.38. The summed E-state index contributed by atoms with van der Waals surface area (Å²) in [5, 5.41) is 8.88. The monoisotopic (exact) mass is 509 g/mol. The van der Waals surface area contributed by atoms with E-state index in [-0.39, 0.29) is 5.56 Å². The summed E-state index contributed by atoms with van der Waals surface area (Å²) < 4.78 is 4.68. The number of hydrogen-bond donors (Lipinski definition) is 1. The molecule has 114 valence electrons. The van der Waals surface area contributed by atoms with Gasteiger partial charge in [-0.1, -0.05) is 0 Å². The number of carboxylic acid groups (broad SMARTS) is 1. The average Bonchev–Trinajstić information content (AvgIpc) is 2.49. The summed E-state index contributed by atoms with van der Waals surface area (Å²) in [5.41, 5.74) is 0.937. The molecule has 6 nitrogen and oxygen atoms in total. The van der Waals surface area contributed by atoms with Crippen molar-refractivity contribution in [2.45, 2.75) is 0 Å². The van der Waals surface area contributed by atoms with Gasteiger partial charge < -0.3 is 9.84 Å². The molecule has 2 aromatic heterocycles. The van der Waals surface area contributed by atoms with Crippen molar-refractivity contribution in [3.63, 3.8) is 0 Å². The number of carbonyl (C=O) groups is 2. The molecule has 0 aromatic carbocycles. The van der Waals surface area contributed by atoms with Gasteiger partial charge in [0.1, 0.15) is 5.75 Å². The molecular formula is C12H8Cl2N2O4Pt. The Hall–Kier alpha value is -1.49. The minimum absolute atomic E-state index is 0.114. The van der Waals surface area contributed by atoms with Crippen LogP contribution in [0.25, 0.3) is 11.4 Å². The van der Waals surface area contributed by atoms with Crippen LogP contribution in [-0.2, 0) is 21.3 Å². The van der Waals surface area contributed by atoms with Crippen molar-refractivity contribution in [2.75, 3.05) is 0 Å². The van der Waals surface area contributed by atoms with E-state index in [1.807, 2.05) is 0 Å². The van der Waals surface area contributed by atoms with E-state index in [1.165, 1.54) is 36.7 Å². The summed E-state index contributed by atoms with van der Waals surface area (Å²) in [6.07, 6.45) is 2.83. The Balaban J connectivity index is 0.000000677. The van der Waals surface area contributed by atoms with Crippen molar-refractivity contribution >= 4 is 31.3 Å². The molecule has 2 heterocycles. The normalized spacial score (nSPS) is 9.43. The number of pyridine rings is 2. The van der Waals surface area contributed by atoms with Crippen molar-refractivity contribution in [3.8, 4) is 17.1 Å². The second-order valence-corrected chi connectivity index (χ2v) is 6.65. The molecule has 0 atom stereocenters. The van der Waals surface area contributed by atoms with E-state index in [2.05, 4.69) is 14.7 Å². The molecule has 0 fully saturated rings. The van der Waals surface area contributed by atoms with E-state index in [4.69, 9.17) is 23.9 Å². The van der Waals surface area contributed by atoms with Crippen LogP contribution in [0.3, 0.4) is 0 Å². The van der Waals surface area contributed by atoms with Gasteiger partial charge in [0.15, 0.2) is 0 Å². The molecule has 9 heteroatoms. The van der Waals surface area contributed by atoms with Crippen molar-refractivity contribution in [2.24, 2.45) is 0 Å². The Morgan fingerprint density at radius 2 is 1.76 bits per heavy atom. The summed E-state index contributed by atoms with van der Waals surface area (Å²) in [7, 11) is 9.75. The molecule has 0 aliphatic heterocycles. The van der Waals surface area contributed by atoms with Crippen LogP contribution in [0.1, 0.15) is 10.4 Å². The number of carboxylic acids is 1. The molecule has 0 radical (unpaired) electrons. The third-order valence-electron chi connectivity index (χ3n) is 2.18. The third kappa shape index (κ3) is 5.79. The average molecular weight is 510 g/mol. The number of aromatic nitrogens is 2. The summed E-state index contributed by atoms with van der Waals surface area (Å²) in [6.45, 7) is 0.306. The van der Waals surface area contributed by atoms with Crippen LogP contribution >= 0.6 is 18.8 Å². The Morgan fingerprint density at radius 1 is 1.19 bits per heavy atom. The van der Waals surface area contributed by atoms with Crippen molar-refractivity contribution in [1.29, 1.82) is 0 Å². The van der Waals surface area contributed by atoms with Crippen LogP contribution < -0.4 is 4.74 Å². The van der Waals surface area contributed by atoms with Gasteiger partial charge in [0.2, 0.25) is 0 Å². The summed E-state index contributed by atoms with van der Waals surface area (Å²) >= 11 is -0.472. The SMILES string of the molecule is O=COc1ccnc(-c2cc(C(=O)O)ccn2)c1.[Cl][Pt][Cl]. The first-order valence-electron chi connectivity index (χ1n) is 5.20. The van der Waals surface area contributed by atoms with Crippen LogP contribution in [0.15, 0.2) is 36.7 Å². The third-order valence-corrected chi connectivity index (χ3v) is 2.18. The first-order valence-corrected chi connectivity index (χ1v) is 10.8. The molecule has 0 amide bonds. The number of nitrogens with zero attached hydrogens (tertiary/aromatic N) is 2. The van der Waals surface area contributed by atoms with E-state index >= 15 is 0 Å². The topological polar surface area (TPSA) is 89.4 Å². The van der Waals surface area contributed by atoms with Crippen LogP contribution in [0.5, 0.6) is 5.75 Å². The Kier molecular flexibility index (Phi) is 7.90. The van der Waals surface area contributed by atoms with Gasteiger partial charge >= 0.3 is 41.3 Å². The van der Waals surface area contributed by atoms with Crippen molar-refractivity contribution < 1.29 is 35.9 Å². The molecule has 0 bridgehead atoms. The van der Waals surface area contributed by atoms with Crippen LogP contribution in [0.2, 0.25) is 0 Å². The molecule has 0 unspecified atom stereocenters. The predicted molar refractivity (Wildman–Crippen MR) is 72.8 cm³/mol. The minimum atomic E-state index is -1.04. The van der Waals surface area contributed by atoms with E-state index in [0.29, 0.717) is 23.6 Å². The first kappa shape index (κ1) is 17.6. The summed E-state index contributed by atoms with van der Waals surface area (Å²) in [4.78, 5) is 29.1. The maximum absolute atomic E-state index is 10.8. The second kappa shape index (κ2) is 9.45. The molecule has 0 aliphatic carbocycles. The van der Waals surface area contributed by atoms with Crippen LogP contribution in [-0.4, -0.2) is 27.5 Å². The molecule has 0 spiro atoms. The van der Waals surface area contributed by atoms with Gasteiger partial charge in [-0.25, -0.2) is 4.79 Å².